The Morgan fingerprint density at radius 1 is 1.12 bits per heavy atom. The first-order chi connectivity index (χ1) is 12.5. The lowest BCUT2D eigenvalue weighted by Crippen LogP contribution is -3.15. The molecule has 0 bridgehead atoms. The first kappa shape index (κ1) is 18.0. The van der Waals surface area contributed by atoms with Gasteiger partial charge in [-0.05, 0) is 24.3 Å². The van der Waals surface area contributed by atoms with Crippen molar-refractivity contribution in [2.24, 2.45) is 0 Å². The molecular formula is C17H17F3N3O3+. The Morgan fingerprint density at radius 2 is 1.85 bits per heavy atom. The monoisotopic (exact) mass is 368 g/mol. The molecule has 138 valence electrons. The molecule has 1 aliphatic heterocycles. The lowest BCUT2D eigenvalue weighted by Gasteiger charge is -2.31. The smallest absolute Gasteiger partial charge is 0.289 e. The van der Waals surface area contributed by atoms with Crippen LogP contribution in [0.1, 0.15) is 10.6 Å². The van der Waals surface area contributed by atoms with Gasteiger partial charge in [0.05, 0.1) is 38.1 Å². The minimum Gasteiger partial charge on any atom is -0.459 e. The van der Waals surface area contributed by atoms with Crippen LogP contribution in [-0.2, 0) is 4.79 Å². The fourth-order valence-corrected chi connectivity index (χ4v) is 2.80. The van der Waals surface area contributed by atoms with Crippen molar-refractivity contribution in [3.8, 4) is 0 Å². The molecule has 2 N–H and O–H groups in total. The third-order valence-electron chi connectivity index (χ3n) is 4.21. The number of quaternary nitrogens is 1. The number of piperazine rings is 1. The Kier molecular flexibility index (Phi) is 5.27. The molecule has 0 aliphatic carbocycles. The van der Waals surface area contributed by atoms with Gasteiger partial charge < -0.3 is 19.5 Å². The summed E-state index contributed by atoms with van der Waals surface area (Å²) < 4.78 is 44.8. The summed E-state index contributed by atoms with van der Waals surface area (Å²) in [5, 5.41) is 2.24. The highest BCUT2D eigenvalue weighted by atomic mass is 19.2. The molecule has 0 spiro atoms. The number of hydrogen-bond donors (Lipinski definition) is 2. The molecule has 0 saturated carbocycles. The third kappa shape index (κ3) is 3.88. The van der Waals surface area contributed by atoms with E-state index in [0.717, 1.165) is 17.0 Å². The van der Waals surface area contributed by atoms with E-state index in [4.69, 9.17) is 4.42 Å². The maximum Gasteiger partial charge on any atom is 0.289 e. The van der Waals surface area contributed by atoms with Crippen molar-refractivity contribution >= 4 is 17.5 Å². The van der Waals surface area contributed by atoms with Gasteiger partial charge in [0, 0.05) is 0 Å². The average molecular weight is 368 g/mol. The van der Waals surface area contributed by atoms with Crippen LogP contribution in [0.4, 0.5) is 18.9 Å². The number of furan rings is 1. The summed E-state index contributed by atoms with van der Waals surface area (Å²) >= 11 is 0. The van der Waals surface area contributed by atoms with E-state index in [2.05, 4.69) is 5.32 Å². The van der Waals surface area contributed by atoms with Gasteiger partial charge in [-0.3, -0.25) is 9.59 Å². The number of halogens is 3. The highest BCUT2D eigenvalue weighted by Gasteiger charge is 2.27. The molecule has 0 radical (unpaired) electrons. The SMILES string of the molecule is O=C(C[NH+]1CCN(C(=O)c2ccco2)CC1)Nc1ccc(F)c(F)c1F. The highest BCUT2D eigenvalue weighted by Crippen LogP contribution is 2.19. The van der Waals surface area contributed by atoms with E-state index in [0.29, 0.717) is 26.2 Å². The average Bonchev–Trinajstić information content (AvgIpc) is 3.17. The molecule has 1 fully saturated rings. The molecule has 2 amide bonds. The standard InChI is InChI=1S/C17H16F3N3O3/c18-11-3-4-12(16(20)15(11)19)21-14(24)10-22-5-7-23(8-6-22)17(25)13-2-1-9-26-13/h1-4,9H,5-8,10H2,(H,21,24)/p+1. The zero-order valence-electron chi connectivity index (χ0n) is 13.7. The van der Waals surface area contributed by atoms with Gasteiger partial charge in [-0.2, -0.15) is 0 Å². The molecule has 6 nitrogen and oxygen atoms in total. The summed E-state index contributed by atoms with van der Waals surface area (Å²) in [5.41, 5.74) is -0.403. The largest absolute Gasteiger partial charge is 0.459 e. The highest BCUT2D eigenvalue weighted by molar-refractivity contribution is 5.92. The molecule has 0 atom stereocenters. The van der Waals surface area contributed by atoms with Gasteiger partial charge in [-0.15, -0.1) is 0 Å². The zero-order valence-corrected chi connectivity index (χ0v) is 13.7. The Morgan fingerprint density at radius 3 is 2.50 bits per heavy atom. The van der Waals surface area contributed by atoms with Gasteiger partial charge in [-0.25, -0.2) is 13.2 Å². The van der Waals surface area contributed by atoms with Gasteiger partial charge in [0.1, 0.15) is 0 Å². The lowest BCUT2D eigenvalue weighted by atomic mass is 10.2. The lowest BCUT2D eigenvalue weighted by molar-refractivity contribution is -0.895. The number of carbonyl (C=O) groups excluding carboxylic acids is 2. The molecule has 26 heavy (non-hydrogen) atoms. The van der Waals surface area contributed by atoms with Crippen LogP contribution in [0.15, 0.2) is 34.9 Å². The fraction of sp³-hybridized carbons (Fsp3) is 0.294. The molecular weight excluding hydrogens is 351 g/mol. The number of hydrogen-bond acceptors (Lipinski definition) is 3. The molecule has 0 unspecified atom stereocenters. The molecule has 3 rings (SSSR count). The van der Waals surface area contributed by atoms with Crippen molar-refractivity contribution in [2.75, 3.05) is 38.0 Å². The Hall–Kier alpha value is -2.81. The van der Waals surface area contributed by atoms with Crippen molar-refractivity contribution in [1.29, 1.82) is 0 Å². The Balaban J connectivity index is 1.51. The zero-order chi connectivity index (χ0) is 18.7. The first-order valence-electron chi connectivity index (χ1n) is 8.05. The van der Waals surface area contributed by atoms with Gasteiger partial charge in [0.2, 0.25) is 0 Å². The van der Waals surface area contributed by atoms with Gasteiger partial charge in [0.25, 0.3) is 11.8 Å². The second kappa shape index (κ2) is 7.61. The van der Waals surface area contributed by atoms with Crippen molar-refractivity contribution in [3.05, 3.63) is 53.7 Å². The Bertz CT molecular complexity index is 803. The van der Waals surface area contributed by atoms with Gasteiger partial charge in [0.15, 0.2) is 29.8 Å². The summed E-state index contributed by atoms with van der Waals surface area (Å²) in [6.07, 6.45) is 1.43. The molecule has 1 aliphatic rings. The van der Waals surface area contributed by atoms with Gasteiger partial charge in [-0.1, -0.05) is 0 Å². The van der Waals surface area contributed by atoms with Gasteiger partial charge >= 0.3 is 0 Å². The maximum absolute atomic E-state index is 13.6. The normalized spacial score (nSPS) is 15.1. The summed E-state index contributed by atoms with van der Waals surface area (Å²) in [4.78, 5) is 26.7. The molecule has 2 aromatic rings. The van der Waals surface area contributed by atoms with Crippen LogP contribution in [0.2, 0.25) is 0 Å². The van der Waals surface area contributed by atoms with E-state index in [1.807, 2.05) is 0 Å². The predicted octanol–water partition coefficient (Wildman–Crippen LogP) is 0.676. The second-order valence-corrected chi connectivity index (χ2v) is 5.97. The first-order valence-corrected chi connectivity index (χ1v) is 8.05. The van der Waals surface area contributed by atoms with Crippen LogP contribution in [0.3, 0.4) is 0 Å². The van der Waals surface area contributed by atoms with E-state index >= 15 is 0 Å². The number of nitrogens with zero attached hydrogens (tertiary/aromatic N) is 1. The van der Waals surface area contributed by atoms with Crippen molar-refractivity contribution in [1.82, 2.24) is 4.90 Å². The Labute approximate surface area is 147 Å². The van der Waals surface area contributed by atoms with Crippen molar-refractivity contribution < 1.29 is 32.1 Å². The summed E-state index contributed by atoms with van der Waals surface area (Å²) in [6, 6.07) is 4.95. The molecule has 1 saturated heterocycles. The van der Waals surface area contributed by atoms with Crippen molar-refractivity contribution in [3.63, 3.8) is 0 Å². The summed E-state index contributed by atoms with van der Waals surface area (Å²) in [5.74, 6) is -4.83. The van der Waals surface area contributed by atoms with E-state index in [-0.39, 0.29) is 18.2 Å². The van der Waals surface area contributed by atoms with E-state index in [1.54, 1.807) is 17.0 Å². The number of nitrogens with one attached hydrogen (secondary N) is 2. The van der Waals surface area contributed by atoms with Crippen LogP contribution >= 0.6 is 0 Å². The molecule has 2 heterocycles. The van der Waals surface area contributed by atoms with E-state index in [9.17, 15) is 22.8 Å². The minimum absolute atomic E-state index is 0.0290. The van der Waals surface area contributed by atoms with Crippen molar-refractivity contribution in [2.45, 2.75) is 0 Å². The van der Waals surface area contributed by atoms with Crippen LogP contribution in [0, 0.1) is 17.5 Å². The van der Waals surface area contributed by atoms with Crippen LogP contribution < -0.4 is 10.2 Å². The number of rotatable bonds is 4. The topological polar surface area (TPSA) is 67.0 Å². The number of anilines is 1. The quantitative estimate of drug-likeness (QED) is 0.780. The minimum atomic E-state index is -1.62. The molecule has 1 aromatic carbocycles. The molecule has 9 heteroatoms. The summed E-state index contributed by atoms with van der Waals surface area (Å²) in [6.45, 7) is 1.98. The molecule has 1 aromatic heterocycles. The predicted molar refractivity (Wildman–Crippen MR) is 85.1 cm³/mol. The van der Waals surface area contributed by atoms with Crippen LogP contribution in [0.25, 0.3) is 0 Å². The van der Waals surface area contributed by atoms with Crippen LogP contribution in [-0.4, -0.2) is 49.4 Å². The summed E-state index contributed by atoms with van der Waals surface area (Å²) in [7, 11) is 0. The number of benzene rings is 1. The van der Waals surface area contributed by atoms with E-state index < -0.39 is 29.0 Å². The maximum atomic E-state index is 13.6. The second-order valence-electron chi connectivity index (χ2n) is 5.97. The van der Waals surface area contributed by atoms with E-state index in [1.165, 1.54) is 6.26 Å². The fourth-order valence-electron chi connectivity index (χ4n) is 2.80. The number of carbonyl (C=O) groups is 2. The van der Waals surface area contributed by atoms with Crippen LogP contribution in [0.5, 0.6) is 0 Å². The number of amides is 2. The third-order valence-corrected chi connectivity index (χ3v) is 4.21.